The van der Waals surface area contributed by atoms with Gasteiger partial charge in [-0.25, -0.2) is 0 Å². The standard InChI is InChI=1S/C21H35NO6/c1-12-16(11-23)28-20(19(26)18(12)25)27-3-2-22-17(24)10-21-7-13-4-14(8-21)6-15(5-13)9-21/h12-16,18-20,23,25-26H,2-11H2,1H3,(H,22,24)/t12-,13?,14?,15?,16?,18?,19+,20+,21?/m1/s1. The highest BCUT2D eigenvalue weighted by atomic mass is 16.7. The summed E-state index contributed by atoms with van der Waals surface area (Å²) < 4.78 is 11.1. The molecule has 7 nitrogen and oxygen atoms in total. The van der Waals surface area contributed by atoms with Gasteiger partial charge in [0.05, 0.1) is 25.4 Å². The highest BCUT2D eigenvalue weighted by Gasteiger charge is 2.51. The lowest BCUT2D eigenvalue weighted by atomic mass is 9.49. The molecule has 4 N–H and O–H groups in total. The van der Waals surface area contributed by atoms with Gasteiger partial charge in [0.25, 0.3) is 0 Å². The smallest absolute Gasteiger partial charge is 0.220 e. The Hall–Kier alpha value is -0.730. The summed E-state index contributed by atoms with van der Waals surface area (Å²) in [6.45, 7) is 2.00. The largest absolute Gasteiger partial charge is 0.394 e. The molecule has 0 aromatic heterocycles. The number of rotatable bonds is 7. The minimum atomic E-state index is -1.17. The van der Waals surface area contributed by atoms with E-state index in [0.29, 0.717) is 13.0 Å². The van der Waals surface area contributed by atoms with Crippen molar-refractivity contribution >= 4 is 5.91 Å². The molecule has 4 saturated carbocycles. The van der Waals surface area contributed by atoms with Crippen LogP contribution in [0.2, 0.25) is 0 Å². The second-order valence-corrected chi connectivity index (χ2v) is 9.88. The van der Waals surface area contributed by atoms with Crippen molar-refractivity contribution < 1.29 is 29.6 Å². The minimum absolute atomic E-state index is 0.0811. The van der Waals surface area contributed by atoms with Crippen molar-refractivity contribution in [2.75, 3.05) is 19.8 Å². The second kappa shape index (κ2) is 8.19. The van der Waals surface area contributed by atoms with Gasteiger partial charge in [0, 0.05) is 18.9 Å². The molecule has 160 valence electrons. The summed E-state index contributed by atoms with van der Waals surface area (Å²) in [5.41, 5.74) is 0.219. The van der Waals surface area contributed by atoms with Crippen molar-refractivity contribution in [3.63, 3.8) is 0 Å². The monoisotopic (exact) mass is 397 g/mol. The minimum Gasteiger partial charge on any atom is -0.394 e. The molecular formula is C21H35NO6. The lowest BCUT2D eigenvalue weighted by Crippen LogP contribution is -2.55. The van der Waals surface area contributed by atoms with Crippen LogP contribution in [-0.2, 0) is 14.3 Å². The third kappa shape index (κ3) is 4.10. The molecule has 0 aromatic carbocycles. The Labute approximate surface area is 166 Å². The van der Waals surface area contributed by atoms with Crippen molar-refractivity contribution in [2.45, 2.75) is 76.5 Å². The fraction of sp³-hybridized carbons (Fsp3) is 0.952. The Balaban J connectivity index is 1.20. The van der Waals surface area contributed by atoms with Gasteiger partial charge >= 0.3 is 0 Å². The predicted octanol–water partition coefficient (Wildman–Crippen LogP) is 0.801. The van der Waals surface area contributed by atoms with Gasteiger partial charge in [-0.1, -0.05) is 6.92 Å². The van der Waals surface area contributed by atoms with Crippen LogP contribution >= 0.6 is 0 Å². The van der Waals surface area contributed by atoms with Gasteiger partial charge < -0.3 is 30.1 Å². The van der Waals surface area contributed by atoms with E-state index in [2.05, 4.69) is 5.32 Å². The third-order valence-electron chi connectivity index (χ3n) is 7.65. The Morgan fingerprint density at radius 2 is 1.71 bits per heavy atom. The average Bonchev–Trinajstić information content (AvgIpc) is 2.63. The van der Waals surface area contributed by atoms with Crippen LogP contribution in [-0.4, -0.2) is 65.6 Å². The van der Waals surface area contributed by atoms with Crippen LogP contribution in [0.4, 0.5) is 0 Å². The van der Waals surface area contributed by atoms with E-state index in [4.69, 9.17) is 9.47 Å². The van der Waals surface area contributed by atoms with Gasteiger partial charge in [-0.2, -0.15) is 0 Å². The number of aliphatic hydroxyl groups excluding tert-OH is 3. The molecule has 5 rings (SSSR count). The number of aliphatic hydroxyl groups is 3. The molecule has 0 radical (unpaired) electrons. The average molecular weight is 398 g/mol. The van der Waals surface area contributed by atoms with Crippen LogP contribution in [0, 0.1) is 29.1 Å². The van der Waals surface area contributed by atoms with Gasteiger partial charge in [0.2, 0.25) is 5.91 Å². The Bertz CT molecular complexity index is 532. The maximum absolute atomic E-state index is 12.5. The van der Waals surface area contributed by atoms with Gasteiger partial charge in [-0.3, -0.25) is 4.79 Å². The first kappa shape index (κ1) is 20.5. The molecule has 1 aliphatic heterocycles. The summed E-state index contributed by atoms with van der Waals surface area (Å²) in [7, 11) is 0. The molecule has 1 amide bonds. The predicted molar refractivity (Wildman–Crippen MR) is 101 cm³/mol. The molecule has 4 aliphatic carbocycles. The van der Waals surface area contributed by atoms with E-state index in [1.54, 1.807) is 6.92 Å². The summed E-state index contributed by atoms with van der Waals surface area (Å²) in [5, 5.41) is 32.5. The molecule has 5 aliphatic rings. The number of nitrogens with one attached hydrogen (secondary N) is 1. The van der Waals surface area contributed by atoms with Crippen LogP contribution in [0.25, 0.3) is 0 Å². The molecule has 0 spiro atoms. The van der Waals surface area contributed by atoms with Crippen molar-refractivity contribution in [3.05, 3.63) is 0 Å². The van der Waals surface area contributed by atoms with Gasteiger partial charge in [-0.05, 0) is 61.7 Å². The van der Waals surface area contributed by atoms with Crippen LogP contribution in [0.5, 0.6) is 0 Å². The number of hydrogen-bond donors (Lipinski definition) is 4. The highest BCUT2D eigenvalue weighted by Crippen LogP contribution is 2.61. The maximum Gasteiger partial charge on any atom is 0.220 e. The van der Waals surface area contributed by atoms with Crippen molar-refractivity contribution in [3.8, 4) is 0 Å². The Morgan fingerprint density at radius 1 is 1.11 bits per heavy atom. The molecule has 2 unspecified atom stereocenters. The van der Waals surface area contributed by atoms with E-state index >= 15 is 0 Å². The molecule has 5 fully saturated rings. The molecule has 28 heavy (non-hydrogen) atoms. The van der Waals surface area contributed by atoms with Crippen molar-refractivity contribution in [1.29, 1.82) is 0 Å². The topological polar surface area (TPSA) is 108 Å². The molecule has 7 heteroatoms. The summed E-state index contributed by atoms with van der Waals surface area (Å²) >= 11 is 0. The molecule has 5 atom stereocenters. The second-order valence-electron chi connectivity index (χ2n) is 9.88. The van der Waals surface area contributed by atoms with E-state index in [1.165, 1.54) is 38.5 Å². The summed E-state index contributed by atoms with van der Waals surface area (Å²) in [6, 6.07) is 0. The zero-order chi connectivity index (χ0) is 19.9. The van der Waals surface area contributed by atoms with Crippen LogP contribution in [0.1, 0.15) is 51.9 Å². The number of carbonyl (C=O) groups is 1. The summed E-state index contributed by atoms with van der Waals surface area (Å²) in [5.74, 6) is 2.21. The quantitative estimate of drug-likeness (QED) is 0.473. The molecule has 1 saturated heterocycles. The van der Waals surface area contributed by atoms with E-state index in [1.807, 2.05) is 0 Å². The lowest BCUT2D eigenvalue weighted by Gasteiger charge is -2.56. The number of hydrogen-bond acceptors (Lipinski definition) is 6. The van der Waals surface area contributed by atoms with Gasteiger partial charge in [0.15, 0.2) is 6.29 Å². The number of ether oxygens (including phenoxy) is 2. The first-order chi connectivity index (χ1) is 13.4. The first-order valence-electron chi connectivity index (χ1n) is 10.9. The maximum atomic E-state index is 12.5. The van der Waals surface area contributed by atoms with Crippen LogP contribution in [0.15, 0.2) is 0 Å². The zero-order valence-electron chi connectivity index (χ0n) is 16.8. The fourth-order valence-corrected chi connectivity index (χ4v) is 6.69. The van der Waals surface area contributed by atoms with Crippen molar-refractivity contribution in [1.82, 2.24) is 5.32 Å². The van der Waals surface area contributed by atoms with Gasteiger partial charge in [-0.15, -0.1) is 0 Å². The molecule has 4 bridgehead atoms. The number of carbonyl (C=O) groups excluding carboxylic acids is 1. The van der Waals surface area contributed by atoms with E-state index in [9.17, 15) is 20.1 Å². The molecule has 1 heterocycles. The third-order valence-corrected chi connectivity index (χ3v) is 7.65. The highest BCUT2D eigenvalue weighted by molar-refractivity contribution is 5.76. The van der Waals surface area contributed by atoms with E-state index < -0.39 is 24.6 Å². The van der Waals surface area contributed by atoms with Crippen LogP contribution in [0.3, 0.4) is 0 Å². The lowest BCUT2D eigenvalue weighted by molar-refractivity contribution is -0.287. The Kier molecular flexibility index (Phi) is 6.00. The fourth-order valence-electron chi connectivity index (χ4n) is 6.69. The van der Waals surface area contributed by atoms with E-state index in [-0.39, 0.29) is 30.5 Å². The van der Waals surface area contributed by atoms with Crippen molar-refractivity contribution in [2.24, 2.45) is 29.1 Å². The molecule has 0 aromatic rings. The molecular weight excluding hydrogens is 362 g/mol. The van der Waals surface area contributed by atoms with Crippen LogP contribution < -0.4 is 5.32 Å². The zero-order valence-corrected chi connectivity index (χ0v) is 16.8. The SMILES string of the molecule is C[C@@H]1C(CO)O[C@H](OCCNC(=O)CC23CC4CC(CC(C4)C2)C3)[C@@H](O)C1O. The Morgan fingerprint density at radius 3 is 2.29 bits per heavy atom. The van der Waals surface area contributed by atoms with E-state index in [0.717, 1.165) is 17.8 Å². The number of amides is 1. The summed E-state index contributed by atoms with van der Waals surface area (Å²) in [4.78, 5) is 12.5. The first-order valence-corrected chi connectivity index (χ1v) is 10.9. The normalized spacial score (nSPS) is 47.3. The summed E-state index contributed by atoms with van der Waals surface area (Å²) in [6.07, 6.45) is 4.62. The van der Waals surface area contributed by atoms with Gasteiger partial charge in [0.1, 0.15) is 6.10 Å².